The van der Waals surface area contributed by atoms with Crippen LogP contribution in [-0.4, -0.2) is 29.7 Å². The van der Waals surface area contributed by atoms with Gasteiger partial charge in [0.15, 0.2) is 0 Å². The Kier molecular flexibility index (Phi) is 4.73. The van der Waals surface area contributed by atoms with E-state index in [2.05, 4.69) is 10.1 Å². The van der Waals surface area contributed by atoms with E-state index in [-0.39, 0.29) is 30.0 Å². The molecular formula is C20H16F3N3O3. The van der Waals surface area contributed by atoms with Crippen LogP contribution in [0.2, 0.25) is 0 Å². The first-order valence-corrected chi connectivity index (χ1v) is 8.81. The van der Waals surface area contributed by atoms with Gasteiger partial charge < -0.3 is 14.2 Å². The predicted molar refractivity (Wildman–Crippen MR) is 97.4 cm³/mol. The third-order valence-electron chi connectivity index (χ3n) is 4.77. The van der Waals surface area contributed by atoms with E-state index in [0.717, 1.165) is 17.8 Å². The minimum Gasteiger partial charge on any atom is -0.497 e. The maximum atomic E-state index is 12.7. The van der Waals surface area contributed by atoms with Gasteiger partial charge in [0.1, 0.15) is 5.75 Å². The minimum atomic E-state index is -4.41. The van der Waals surface area contributed by atoms with Crippen LogP contribution in [0.1, 0.15) is 23.8 Å². The Labute approximate surface area is 163 Å². The molecule has 1 fully saturated rings. The number of aromatic nitrogens is 2. The Morgan fingerprint density at radius 3 is 2.41 bits per heavy atom. The van der Waals surface area contributed by atoms with Crippen LogP contribution < -0.4 is 9.64 Å². The number of ether oxygens (including phenoxy) is 1. The van der Waals surface area contributed by atoms with Gasteiger partial charge in [0.25, 0.3) is 0 Å². The molecule has 0 saturated carbocycles. The van der Waals surface area contributed by atoms with Crippen molar-refractivity contribution >= 4 is 11.6 Å². The number of carbonyl (C=O) groups is 1. The van der Waals surface area contributed by atoms with Gasteiger partial charge in [0, 0.05) is 24.2 Å². The molecule has 2 heterocycles. The smallest absolute Gasteiger partial charge is 0.416 e. The number of nitrogens with zero attached hydrogens (tertiary/aromatic N) is 3. The first-order valence-electron chi connectivity index (χ1n) is 8.81. The second kappa shape index (κ2) is 7.23. The van der Waals surface area contributed by atoms with E-state index in [9.17, 15) is 18.0 Å². The van der Waals surface area contributed by atoms with Gasteiger partial charge in [-0.3, -0.25) is 4.79 Å². The zero-order chi connectivity index (χ0) is 20.6. The van der Waals surface area contributed by atoms with Crippen molar-refractivity contribution in [2.24, 2.45) is 0 Å². The third kappa shape index (κ3) is 3.80. The Balaban J connectivity index is 1.50. The zero-order valence-electron chi connectivity index (χ0n) is 15.3. The lowest BCUT2D eigenvalue weighted by Crippen LogP contribution is -2.24. The van der Waals surface area contributed by atoms with Crippen LogP contribution in [0, 0.1) is 0 Å². The van der Waals surface area contributed by atoms with Crippen LogP contribution in [0.15, 0.2) is 53.1 Å². The number of hydrogen-bond donors (Lipinski definition) is 0. The van der Waals surface area contributed by atoms with E-state index in [1.165, 1.54) is 12.1 Å². The highest BCUT2D eigenvalue weighted by Gasteiger charge is 2.35. The standard InChI is InChI=1S/C20H16F3N3O3/c1-28-16-8-6-15(7-9-16)26-11-13(10-17(26)27)19-24-18(25-29-19)12-2-4-14(5-3-12)20(21,22)23/h2-9,13H,10-11H2,1H3/t13-/m1/s1. The highest BCUT2D eigenvalue weighted by atomic mass is 19.4. The molecule has 0 unspecified atom stereocenters. The SMILES string of the molecule is COc1ccc(N2C[C@H](c3nc(-c4ccc(C(F)(F)F)cc4)no3)CC2=O)cc1. The number of alkyl halides is 3. The van der Waals surface area contributed by atoms with E-state index >= 15 is 0 Å². The number of carbonyl (C=O) groups excluding carboxylic acids is 1. The molecule has 1 aromatic heterocycles. The molecule has 29 heavy (non-hydrogen) atoms. The first kappa shape index (κ1) is 19.0. The molecule has 0 N–H and O–H groups in total. The summed E-state index contributed by atoms with van der Waals surface area (Å²) in [5.74, 6) is 0.790. The number of hydrogen-bond acceptors (Lipinski definition) is 5. The van der Waals surface area contributed by atoms with Crippen LogP contribution >= 0.6 is 0 Å². The number of benzene rings is 2. The van der Waals surface area contributed by atoms with Gasteiger partial charge in [-0.05, 0) is 36.4 Å². The highest BCUT2D eigenvalue weighted by molar-refractivity contribution is 5.96. The molecule has 0 aliphatic carbocycles. The van der Waals surface area contributed by atoms with Crippen LogP contribution in [-0.2, 0) is 11.0 Å². The largest absolute Gasteiger partial charge is 0.497 e. The van der Waals surface area contributed by atoms with Crippen LogP contribution in [0.3, 0.4) is 0 Å². The summed E-state index contributed by atoms with van der Waals surface area (Å²) < 4.78 is 48.5. The summed E-state index contributed by atoms with van der Waals surface area (Å²) in [7, 11) is 1.57. The summed E-state index contributed by atoms with van der Waals surface area (Å²) in [4.78, 5) is 18.3. The summed E-state index contributed by atoms with van der Waals surface area (Å²) in [6, 6.07) is 11.6. The second-order valence-corrected chi connectivity index (χ2v) is 6.63. The Morgan fingerprint density at radius 1 is 1.10 bits per heavy atom. The number of methoxy groups -OCH3 is 1. The van der Waals surface area contributed by atoms with Gasteiger partial charge in [-0.1, -0.05) is 17.3 Å². The van der Waals surface area contributed by atoms with Crippen molar-refractivity contribution in [2.45, 2.75) is 18.5 Å². The van der Waals surface area contributed by atoms with Gasteiger partial charge >= 0.3 is 6.18 Å². The number of halogens is 3. The molecule has 1 atom stereocenters. The maximum Gasteiger partial charge on any atom is 0.416 e. The minimum absolute atomic E-state index is 0.0746. The highest BCUT2D eigenvalue weighted by Crippen LogP contribution is 2.33. The molecular weight excluding hydrogens is 387 g/mol. The molecule has 0 radical (unpaired) electrons. The lowest BCUT2D eigenvalue weighted by molar-refractivity contribution is -0.137. The molecule has 0 bridgehead atoms. The molecule has 6 nitrogen and oxygen atoms in total. The summed E-state index contributed by atoms with van der Waals surface area (Å²) >= 11 is 0. The van der Waals surface area contributed by atoms with Crippen LogP contribution in [0.25, 0.3) is 11.4 Å². The number of anilines is 1. The van der Waals surface area contributed by atoms with Crippen molar-refractivity contribution in [1.29, 1.82) is 0 Å². The lowest BCUT2D eigenvalue weighted by atomic mass is 10.1. The Bertz CT molecular complexity index is 1010. The normalized spacial score (nSPS) is 17.0. The summed E-state index contributed by atoms with van der Waals surface area (Å²) in [6.45, 7) is 0.375. The van der Waals surface area contributed by atoms with E-state index in [1.807, 2.05) is 0 Å². The number of rotatable bonds is 4. The monoisotopic (exact) mass is 403 g/mol. The zero-order valence-corrected chi connectivity index (χ0v) is 15.3. The van der Waals surface area contributed by atoms with E-state index < -0.39 is 11.7 Å². The molecule has 4 rings (SSSR count). The van der Waals surface area contributed by atoms with E-state index in [1.54, 1.807) is 36.3 Å². The third-order valence-corrected chi connectivity index (χ3v) is 4.77. The van der Waals surface area contributed by atoms with E-state index in [4.69, 9.17) is 9.26 Å². The maximum absolute atomic E-state index is 12.7. The van der Waals surface area contributed by atoms with Crippen molar-refractivity contribution in [1.82, 2.24) is 10.1 Å². The fourth-order valence-electron chi connectivity index (χ4n) is 3.21. The molecule has 1 aliphatic rings. The first-order chi connectivity index (χ1) is 13.8. The average molecular weight is 403 g/mol. The predicted octanol–water partition coefficient (Wildman–Crippen LogP) is 4.28. The quantitative estimate of drug-likeness (QED) is 0.650. The van der Waals surface area contributed by atoms with Crippen molar-refractivity contribution in [3.05, 3.63) is 60.0 Å². The van der Waals surface area contributed by atoms with Gasteiger partial charge in [-0.2, -0.15) is 18.2 Å². The summed E-state index contributed by atoms with van der Waals surface area (Å²) in [5, 5.41) is 3.85. The summed E-state index contributed by atoms with van der Waals surface area (Å²) in [6.07, 6.45) is -4.20. The van der Waals surface area contributed by atoms with Gasteiger partial charge in [-0.25, -0.2) is 0 Å². The molecule has 9 heteroatoms. The van der Waals surface area contributed by atoms with E-state index in [0.29, 0.717) is 17.9 Å². The molecule has 0 spiro atoms. The van der Waals surface area contributed by atoms with Crippen molar-refractivity contribution in [3.63, 3.8) is 0 Å². The molecule has 3 aromatic rings. The summed E-state index contributed by atoms with van der Waals surface area (Å²) in [5.41, 5.74) is 0.395. The molecule has 1 amide bonds. The van der Waals surface area contributed by atoms with Crippen molar-refractivity contribution in [3.8, 4) is 17.1 Å². The fraction of sp³-hybridized carbons (Fsp3) is 0.250. The molecule has 150 valence electrons. The molecule has 1 aliphatic heterocycles. The average Bonchev–Trinajstić information content (AvgIpc) is 3.34. The lowest BCUT2D eigenvalue weighted by Gasteiger charge is -2.16. The van der Waals surface area contributed by atoms with Crippen LogP contribution in [0.4, 0.5) is 18.9 Å². The second-order valence-electron chi connectivity index (χ2n) is 6.63. The number of amides is 1. The fourth-order valence-corrected chi connectivity index (χ4v) is 3.21. The molecule has 2 aromatic carbocycles. The Morgan fingerprint density at radius 2 is 1.79 bits per heavy atom. The topological polar surface area (TPSA) is 68.5 Å². The molecule has 1 saturated heterocycles. The van der Waals surface area contributed by atoms with Crippen molar-refractivity contribution < 1.29 is 27.2 Å². The van der Waals surface area contributed by atoms with Crippen LogP contribution in [0.5, 0.6) is 5.75 Å². The van der Waals surface area contributed by atoms with Gasteiger partial charge in [0.2, 0.25) is 17.6 Å². The van der Waals surface area contributed by atoms with Gasteiger partial charge in [-0.15, -0.1) is 0 Å². The Hall–Kier alpha value is -3.36. The van der Waals surface area contributed by atoms with Crippen molar-refractivity contribution in [2.75, 3.05) is 18.6 Å². The van der Waals surface area contributed by atoms with Gasteiger partial charge in [0.05, 0.1) is 18.6 Å².